The van der Waals surface area contributed by atoms with Gasteiger partial charge in [0.2, 0.25) is 0 Å². The van der Waals surface area contributed by atoms with Crippen molar-refractivity contribution in [1.82, 2.24) is 0 Å². The molecule has 1 rings (SSSR count). The number of carbonyl (C=O) groups is 1. The van der Waals surface area contributed by atoms with E-state index in [1.165, 1.54) is 0 Å². The fraction of sp³-hybridized carbons (Fsp3) is 0.917. The molecule has 0 saturated heterocycles. The molecule has 1 aliphatic carbocycles. The van der Waals surface area contributed by atoms with Gasteiger partial charge in [0.1, 0.15) is 5.78 Å². The third-order valence-electron chi connectivity index (χ3n) is 3.68. The van der Waals surface area contributed by atoms with E-state index in [-0.39, 0.29) is 5.78 Å². The van der Waals surface area contributed by atoms with Crippen LogP contribution in [0.5, 0.6) is 0 Å². The van der Waals surface area contributed by atoms with Crippen molar-refractivity contribution in [2.24, 2.45) is 11.8 Å². The van der Waals surface area contributed by atoms with E-state index in [2.05, 4.69) is 6.92 Å². The minimum absolute atomic E-state index is 0.265. The quantitative estimate of drug-likeness (QED) is 0.659. The third-order valence-corrected chi connectivity index (χ3v) is 3.68. The fourth-order valence-corrected chi connectivity index (χ4v) is 2.98. The van der Waals surface area contributed by atoms with Crippen molar-refractivity contribution in [1.29, 1.82) is 0 Å². The first-order chi connectivity index (χ1) is 7.09. The van der Waals surface area contributed by atoms with Crippen LogP contribution in [0.3, 0.4) is 0 Å². The Bertz CT molecular complexity index is 221. The second kappa shape index (κ2) is 5.08. The van der Waals surface area contributed by atoms with Crippen molar-refractivity contribution < 1.29 is 14.3 Å². The van der Waals surface area contributed by atoms with Crippen molar-refractivity contribution in [3.8, 4) is 0 Å². The summed E-state index contributed by atoms with van der Waals surface area (Å²) in [7, 11) is 3.39. The Labute approximate surface area is 92.1 Å². The van der Waals surface area contributed by atoms with Gasteiger partial charge in [0.25, 0.3) is 0 Å². The van der Waals surface area contributed by atoms with Crippen molar-refractivity contribution in [3.05, 3.63) is 0 Å². The predicted octanol–water partition coefficient (Wildman–Crippen LogP) is 2.39. The highest BCUT2D eigenvalue weighted by Gasteiger charge is 2.48. The average molecular weight is 214 g/mol. The van der Waals surface area contributed by atoms with E-state index in [0.717, 1.165) is 19.3 Å². The molecule has 88 valence electrons. The standard InChI is InChI=1S/C12H22O3/c1-5-11-10(8-9(2)13)6-7-12(11,14-3)15-4/h10-11H,5-8H2,1-4H3. The van der Waals surface area contributed by atoms with Gasteiger partial charge in [0.05, 0.1) is 0 Å². The summed E-state index contributed by atoms with van der Waals surface area (Å²) in [5.41, 5.74) is 0. The van der Waals surface area contributed by atoms with Gasteiger partial charge in [-0.3, -0.25) is 0 Å². The Morgan fingerprint density at radius 2 is 2.00 bits per heavy atom. The van der Waals surface area contributed by atoms with Crippen molar-refractivity contribution >= 4 is 5.78 Å². The lowest BCUT2D eigenvalue weighted by molar-refractivity contribution is -0.232. The first-order valence-corrected chi connectivity index (χ1v) is 5.69. The van der Waals surface area contributed by atoms with Gasteiger partial charge in [0.15, 0.2) is 5.79 Å². The summed E-state index contributed by atoms with van der Waals surface area (Å²) in [6, 6.07) is 0. The van der Waals surface area contributed by atoms with E-state index in [1.807, 2.05) is 0 Å². The average Bonchev–Trinajstić information content (AvgIpc) is 2.55. The molecule has 0 bridgehead atoms. The lowest BCUT2D eigenvalue weighted by Gasteiger charge is -2.34. The topological polar surface area (TPSA) is 35.5 Å². The number of hydrogen-bond acceptors (Lipinski definition) is 3. The van der Waals surface area contributed by atoms with Gasteiger partial charge in [-0.25, -0.2) is 0 Å². The largest absolute Gasteiger partial charge is 0.353 e. The zero-order valence-corrected chi connectivity index (χ0v) is 10.2. The minimum atomic E-state index is -0.450. The molecule has 15 heavy (non-hydrogen) atoms. The van der Waals surface area contributed by atoms with Gasteiger partial charge in [-0.05, 0) is 25.7 Å². The maximum atomic E-state index is 11.2. The molecular formula is C12H22O3. The van der Waals surface area contributed by atoms with E-state index >= 15 is 0 Å². The number of carbonyl (C=O) groups excluding carboxylic acids is 1. The van der Waals surface area contributed by atoms with E-state index in [0.29, 0.717) is 18.3 Å². The normalized spacial score (nSPS) is 29.3. The van der Waals surface area contributed by atoms with Gasteiger partial charge in [-0.2, -0.15) is 0 Å². The molecule has 3 heteroatoms. The van der Waals surface area contributed by atoms with Crippen molar-refractivity contribution in [2.75, 3.05) is 14.2 Å². The van der Waals surface area contributed by atoms with Crippen molar-refractivity contribution in [3.63, 3.8) is 0 Å². The Kier molecular flexibility index (Phi) is 4.29. The molecule has 0 aromatic rings. The summed E-state index contributed by atoms with van der Waals surface area (Å²) < 4.78 is 11.1. The molecule has 0 aromatic carbocycles. The van der Waals surface area contributed by atoms with Gasteiger partial charge in [-0.1, -0.05) is 6.92 Å². The molecule has 1 aliphatic rings. The zero-order valence-electron chi connectivity index (χ0n) is 10.2. The van der Waals surface area contributed by atoms with Gasteiger partial charge in [0, 0.05) is 33.0 Å². The molecular weight excluding hydrogens is 192 g/mol. The number of hydrogen-bond donors (Lipinski definition) is 0. The SMILES string of the molecule is CCC1C(CC(C)=O)CCC1(OC)OC. The van der Waals surface area contributed by atoms with Crippen LogP contribution in [0.2, 0.25) is 0 Å². The number of ketones is 1. The molecule has 0 heterocycles. The minimum Gasteiger partial charge on any atom is -0.353 e. The Hall–Kier alpha value is -0.410. The Morgan fingerprint density at radius 3 is 2.40 bits per heavy atom. The van der Waals surface area contributed by atoms with Crippen LogP contribution in [0.4, 0.5) is 0 Å². The summed E-state index contributed by atoms with van der Waals surface area (Å²) in [5.74, 6) is 0.583. The lowest BCUT2D eigenvalue weighted by atomic mass is 9.87. The third kappa shape index (κ3) is 2.40. The monoisotopic (exact) mass is 214 g/mol. The highest BCUT2D eigenvalue weighted by molar-refractivity contribution is 5.75. The molecule has 3 nitrogen and oxygen atoms in total. The summed E-state index contributed by atoms with van der Waals surface area (Å²) in [6.07, 6.45) is 3.59. The van der Waals surface area contributed by atoms with Crippen molar-refractivity contribution in [2.45, 2.75) is 45.3 Å². The molecule has 0 aromatic heterocycles. The Morgan fingerprint density at radius 1 is 1.40 bits per heavy atom. The molecule has 0 aliphatic heterocycles. The summed E-state index contributed by atoms with van der Waals surface area (Å²) in [4.78, 5) is 11.2. The number of Topliss-reactive ketones (excluding diaryl/α,β-unsaturated/α-hetero) is 1. The van der Waals surface area contributed by atoms with Gasteiger partial charge in [-0.15, -0.1) is 0 Å². The van der Waals surface area contributed by atoms with E-state index in [1.54, 1.807) is 21.1 Å². The Balaban J connectivity index is 2.76. The van der Waals surface area contributed by atoms with Crippen LogP contribution in [-0.2, 0) is 14.3 Å². The summed E-state index contributed by atoms with van der Waals surface area (Å²) >= 11 is 0. The number of rotatable bonds is 5. The van der Waals surface area contributed by atoms with Crippen LogP contribution in [0, 0.1) is 11.8 Å². The maximum Gasteiger partial charge on any atom is 0.170 e. The number of ether oxygens (including phenoxy) is 2. The highest BCUT2D eigenvalue weighted by atomic mass is 16.7. The summed E-state index contributed by atoms with van der Waals surface area (Å²) in [6.45, 7) is 3.79. The van der Waals surface area contributed by atoms with Crippen LogP contribution >= 0.6 is 0 Å². The van der Waals surface area contributed by atoms with Crippen LogP contribution < -0.4 is 0 Å². The summed E-state index contributed by atoms with van der Waals surface area (Å²) in [5, 5.41) is 0. The predicted molar refractivity (Wildman–Crippen MR) is 58.6 cm³/mol. The van der Waals surface area contributed by atoms with Crippen LogP contribution in [0.15, 0.2) is 0 Å². The number of methoxy groups -OCH3 is 2. The first kappa shape index (κ1) is 12.7. The first-order valence-electron chi connectivity index (χ1n) is 5.69. The fourth-order valence-electron chi connectivity index (χ4n) is 2.98. The molecule has 0 radical (unpaired) electrons. The van der Waals surface area contributed by atoms with Crippen LogP contribution in [0.25, 0.3) is 0 Å². The second-order valence-electron chi connectivity index (χ2n) is 4.44. The molecule has 2 atom stereocenters. The zero-order chi connectivity index (χ0) is 11.5. The van der Waals surface area contributed by atoms with Gasteiger partial charge >= 0.3 is 0 Å². The molecule has 0 N–H and O–H groups in total. The van der Waals surface area contributed by atoms with Gasteiger partial charge < -0.3 is 14.3 Å². The second-order valence-corrected chi connectivity index (χ2v) is 4.44. The van der Waals surface area contributed by atoms with E-state index < -0.39 is 5.79 Å². The van der Waals surface area contributed by atoms with Crippen LogP contribution in [0.1, 0.15) is 39.5 Å². The highest BCUT2D eigenvalue weighted by Crippen LogP contribution is 2.46. The van der Waals surface area contributed by atoms with E-state index in [9.17, 15) is 4.79 Å². The van der Waals surface area contributed by atoms with E-state index in [4.69, 9.17) is 9.47 Å². The molecule has 0 spiro atoms. The molecule has 0 amide bonds. The maximum absolute atomic E-state index is 11.2. The smallest absolute Gasteiger partial charge is 0.170 e. The van der Waals surface area contributed by atoms with Crippen LogP contribution in [-0.4, -0.2) is 25.8 Å². The molecule has 1 saturated carbocycles. The molecule has 2 unspecified atom stereocenters. The lowest BCUT2D eigenvalue weighted by Crippen LogP contribution is -2.39. The molecule has 1 fully saturated rings.